The number of pyridine rings is 1. The van der Waals surface area contributed by atoms with Gasteiger partial charge in [0.25, 0.3) is 5.91 Å². The zero-order valence-corrected chi connectivity index (χ0v) is 20.5. The van der Waals surface area contributed by atoms with E-state index < -0.39 is 29.1 Å². The largest absolute Gasteiger partial charge is 0.503 e. The van der Waals surface area contributed by atoms with Crippen LogP contribution < -0.4 is 10.7 Å². The van der Waals surface area contributed by atoms with Gasteiger partial charge in [-0.2, -0.15) is 0 Å². The zero-order chi connectivity index (χ0) is 24.7. The number of carboxylic acid groups (broad SMARTS) is 1. The van der Waals surface area contributed by atoms with Crippen LogP contribution in [0.1, 0.15) is 47.2 Å². The van der Waals surface area contributed by atoms with Crippen molar-refractivity contribution < 1.29 is 24.2 Å². The second kappa shape index (κ2) is 9.27. The molecule has 2 atom stereocenters. The predicted molar refractivity (Wildman–Crippen MR) is 129 cm³/mol. The Kier molecular flexibility index (Phi) is 6.55. The number of rotatable bonds is 6. The van der Waals surface area contributed by atoms with Gasteiger partial charge in [-0.15, -0.1) is 20.6 Å². The van der Waals surface area contributed by atoms with Crippen molar-refractivity contribution in [3.63, 3.8) is 0 Å². The second-order valence-corrected chi connectivity index (χ2v) is 10.2. The summed E-state index contributed by atoms with van der Waals surface area (Å²) in [5.74, 6) is -2.69. The number of carboxylic acids is 1. The number of carbonyl (C=O) groups excluding carboxylic acids is 1. The molecule has 2 aromatic heterocycles. The molecular weight excluding hydrogens is 480 g/mol. The Bertz CT molecular complexity index is 1350. The summed E-state index contributed by atoms with van der Waals surface area (Å²) in [6.45, 7) is 3.69. The van der Waals surface area contributed by atoms with Gasteiger partial charge in [0.1, 0.15) is 10.8 Å². The Balaban J connectivity index is 1.76. The van der Waals surface area contributed by atoms with Crippen LogP contribution in [0.15, 0.2) is 35.4 Å². The maximum atomic E-state index is 14.2. The van der Waals surface area contributed by atoms with Gasteiger partial charge < -0.3 is 19.7 Å². The van der Waals surface area contributed by atoms with Crippen molar-refractivity contribution in [2.24, 2.45) is 0 Å². The number of aromatic hydroxyl groups is 1. The van der Waals surface area contributed by atoms with E-state index in [0.29, 0.717) is 15.4 Å². The van der Waals surface area contributed by atoms with E-state index in [9.17, 15) is 29.0 Å². The molecule has 3 aromatic rings. The summed E-state index contributed by atoms with van der Waals surface area (Å²) < 4.78 is 15.6. The van der Waals surface area contributed by atoms with Crippen molar-refractivity contribution in [1.82, 2.24) is 14.5 Å². The molecule has 0 spiro atoms. The molecule has 4 rings (SSSR count). The topological polar surface area (TPSA) is 113 Å². The molecule has 2 N–H and O–H groups in total. The molecule has 1 aromatic carbocycles. The van der Waals surface area contributed by atoms with E-state index in [1.165, 1.54) is 39.3 Å². The van der Waals surface area contributed by atoms with Crippen LogP contribution in [-0.4, -0.2) is 49.1 Å². The molecule has 1 aliphatic rings. The number of hydrogen-bond donors (Lipinski definition) is 2. The molecular formula is C23H23FN3O5PS. The van der Waals surface area contributed by atoms with E-state index in [-0.39, 0.29) is 42.5 Å². The third kappa shape index (κ3) is 4.48. The molecule has 1 amide bonds. The van der Waals surface area contributed by atoms with Crippen LogP contribution in [0.4, 0.5) is 4.39 Å². The minimum atomic E-state index is -1.07. The van der Waals surface area contributed by atoms with Gasteiger partial charge in [-0.3, -0.25) is 14.4 Å². The number of aromatic nitrogens is 2. The van der Waals surface area contributed by atoms with Crippen molar-refractivity contribution in [2.75, 3.05) is 6.54 Å². The molecule has 0 radical (unpaired) electrons. The first-order valence-electron chi connectivity index (χ1n) is 10.6. The lowest BCUT2D eigenvalue weighted by Crippen LogP contribution is -2.48. The maximum Gasteiger partial charge on any atom is 0.305 e. The molecule has 34 heavy (non-hydrogen) atoms. The fourth-order valence-electron chi connectivity index (χ4n) is 4.02. The summed E-state index contributed by atoms with van der Waals surface area (Å²) in [7, 11) is 2.43. The fraction of sp³-hybridized carbons (Fsp3) is 0.304. The minimum Gasteiger partial charge on any atom is -0.503 e. The molecule has 11 heteroatoms. The molecule has 0 fully saturated rings. The van der Waals surface area contributed by atoms with Crippen LogP contribution in [0, 0.1) is 5.82 Å². The fourth-order valence-corrected chi connectivity index (χ4v) is 5.21. The second-order valence-electron chi connectivity index (χ2n) is 8.44. The minimum absolute atomic E-state index is 0.0551. The van der Waals surface area contributed by atoms with Crippen LogP contribution in [0.25, 0.3) is 10.6 Å². The van der Waals surface area contributed by atoms with Crippen molar-refractivity contribution >= 4 is 37.8 Å². The van der Waals surface area contributed by atoms with E-state index in [2.05, 4.69) is 14.2 Å². The summed E-state index contributed by atoms with van der Waals surface area (Å²) in [6, 6.07) is 3.96. The highest BCUT2D eigenvalue weighted by Gasteiger charge is 2.37. The third-order valence-electron chi connectivity index (χ3n) is 5.73. The van der Waals surface area contributed by atoms with Gasteiger partial charge >= 0.3 is 5.97 Å². The molecule has 0 saturated heterocycles. The van der Waals surface area contributed by atoms with Crippen LogP contribution in [0.3, 0.4) is 0 Å². The van der Waals surface area contributed by atoms with Gasteiger partial charge in [0.2, 0.25) is 5.43 Å². The molecule has 2 unspecified atom stereocenters. The van der Waals surface area contributed by atoms with E-state index in [4.69, 9.17) is 0 Å². The molecule has 1 aliphatic heterocycles. The molecule has 0 aliphatic carbocycles. The quantitative estimate of drug-likeness (QED) is 0.501. The molecule has 178 valence electrons. The van der Waals surface area contributed by atoms with Gasteiger partial charge in [0.15, 0.2) is 11.4 Å². The Morgan fingerprint density at radius 1 is 1.35 bits per heavy atom. The highest BCUT2D eigenvalue weighted by Crippen LogP contribution is 2.33. The predicted octanol–water partition coefficient (Wildman–Crippen LogP) is 2.79. The normalized spacial score (nSPS) is 15.6. The number of carbonyl (C=O) groups is 2. The number of halogens is 1. The van der Waals surface area contributed by atoms with E-state index in [1.54, 1.807) is 26.0 Å². The van der Waals surface area contributed by atoms with Crippen molar-refractivity contribution in [3.05, 3.63) is 62.8 Å². The monoisotopic (exact) mass is 503 g/mol. The van der Waals surface area contributed by atoms with Gasteiger partial charge in [-0.05, 0) is 30.8 Å². The SMILES string of the molecule is CC(C)N1CC(CC(=O)O)n2cc(-c3ncc(Cc4ccc(P)cc4F)s3)c(=O)c(O)c2C1=O. The van der Waals surface area contributed by atoms with Crippen LogP contribution in [0.2, 0.25) is 0 Å². The van der Waals surface area contributed by atoms with Crippen LogP contribution in [0.5, 0.6) is 5.75 Å². The van der Waals surface area contributed by atoms with E-state index in [0.717, 1.165) is 5.30 Å². The number of aliphatic carboxylic acids is 1. The Labute approximate surface area is 200 Å². The number of benzene rings is 1. The number of amides is 1. The standard InChI is InChI=1S/C23H23FN3O5PS/c1-11(2)26-9-13(6-18(28)29)27-10-16(20(30)21(31)19(27)23(26)32)22-25-8-15(34-22)5-12-3-4-14(33)7-17(12)24/h3-4,7-8,10-11,13,31H,5-6,9,33H2,1-2H3,(H,28,29). The highest BCUT2D eigenvalue weighted by atomic mass is 32.1. The average Bonchev–Trinajstić information content (AvgIpc) is 3.22. The highest BCUT2D eigenvalue weighted by molar-refractivity contribution is 7.27. The molecule has 8 nitrogen and oxygen atoms in total. The summed E-state index contributed by atoms with van der Waals surface area (Å²) in [4.78, 5) is 43.9. The van der Waals surface area contributed by atoms with Crippen molar-refractivity contribution in [2.45, 2.75) is 38.8 Å². The summed E-state index contributed by atoms with van der Waals surface area (Å²) in [5, 5.41) is 21.1. The number of hydrogen-bond acceptors (Lipinski definition) is 6. The summed E-state index contributed by atoms with van der Waals surface area (Å²) in [5.41, 5.74) is -0.457. The van der Waals surface area contributed by atoms with Crippen molar-refractivity contribution in [1.29, 1.82) is 0 Å². The number of thiazole rings is 1. The zero-order valence-electron chi connectivity index (χ0n) is 18.5. The summed E-state index contributed by atoms with van der Waals surface area (Å²) in [6.07, 6.45) is 2.91. The van der Waals surface area contributed by atoms with Gasteiger partial charge in [-0.25, -0.2) is 9.37 Å². The lowest BCUT2D eigenvalue weighted by Gasteiger charge is -2.38. The van der Waals surface area contributed by atoms with Gasteiger partial charge in [0.05, 0.1) is 18.0 Å². The first-order valence-corrected chi connectivity index (χ1v) is 12.0. The third-order valence-corrected chi connectivity index (χ3v) is 7.12. The van der Waals surface area contributed by atoms with E-state index >= 15 is 0 Å². The van der Waals surface area contributed by atoms with Gasteiger partial charge in [0, 0.05) is 36.3 Å². The van der Waals surface area contributed by atoms with E-state index in [1.807, 2.05) is 0 Å². The molecule has 0 bridgehead atoms. The summed E-state index contributed by atoms with van der Waals surface area (Å²) >= 11 is 1.17. The Hall–Kier alpha value is -3.10. The lowest BCUT2D eigenvalue weighted by atomic mass is 10.0. The van der Waals surface area contributed by atoms with Gasteiger partial charge in [-0.1, -0.05) is 12.1 Å². The first kappa shape index (κ1) is 24.0. The first-order chi connectivity index (χ1) is 16.1. The van der Waals surface area contributed by atoms with Crippen LogP contribution >= 0.6 is 20.6 Å². The average molecular weight is 503 g/mol. The Morgan fingerprint density at radius 2 is 2.09 bits per heavy atom. The van der Waals surface area contributed by atoms with Crippen LogP contribution in [-0.2, 0) is 11.2 Å². The molecule has 0 saturated carbocycles. The maximum absolute atomic E-state index is 14.2. The molecule has 3 heterocycles. The smallest absolute Gasteiger partial charge is 0.305 e. The van der Waals surface area contributed by atoms with Crippen molar-refractivity contribution in [3.8, 4) is 16.3 Å². The number of nitrogens with zero attached hydrogens (tertiary/aromatic N) is 3. The Morgan fingerprint density at radius 3 is 2.74 bits per heavy atom. The number of fused-ring (bicyclic) bond motifs is 1. The lowest BCUT2D eigenvalue weighted by molar-refractivity contribution is -0.138.